The molecule has 0 fully saturated rings. The van der Waals surface area contributed by atoms with E-state index in [9.17, 15) is 0 Å². The molecule has 0 aliphatic heterocycles. The van der Waals surface area contributed by atoms with E-state index in [2.05, 4.69) is 13.8 Å². The average molecular weight is 251 g/mol. The first kappa shape index (κ1) is 14.0. The summed E-state index contributed by atoms with van der Waals surface area (Å²) in [6.07, 6.45) is 2.44. The summed E-state index contributed by atoms with van der Waals surface area (Å²) in [5.74, 6) is 0.964. The second-order valence-corrected chi connectivity index (χ2v) is 4.96. The lowest BCUT2D eigenvalue weighted by Gasteiger charge is -2.18. The van der Waals surface area contributed by atoms with E-state index >= 15 is 0 Å². The van der Waals surface area contributed by atoms with E-state index in [0.717, 1.165) is 35.3 Å². The van der Waals surface area contributed by atoms with E-state index < -0.39 is 0 Å². The molecule has 0 saturated carbocycles. The summed E-state index contributed by atoms with van der Waals surface area (Å²) in [4.78, 5) is 0.435. The summed E-state index contributed by atoms with van der Waals surface area (Å²) in [6.45, 7) is 8.32. The summed E-state index contributed by atoms with van der Waals surface area (Å²) in [5, 5.41) is 0. The Morgan fingerprint density at radius 3 is 2.29 bits per heavy atom. The minimum absolute atomic E-state index is 0.244. The maximum atomic E-state index is 5.97. The van der Waals surface area contributed by atoms with E-state index in [1.54, 1.807) is 0 Å². The number of rotatable bonds is 5. The van der Waals surface area contributed by atoms with Gasteiger partial charge in [-0.2, -0.15) is 0 Å². The summed E-state index contributed by atoms with van der Waals surface area (Å²) in [5.41, 5.74) is 8.74. The molecule has 3 heteroatoms. The topological polar surface area (TPSA) is 35.2 Å². The molecule has 2 N–H and O–H groups in total. The van der Waals surface area contributed by atoms with Crippen LogP contribution in [0, 0.1) is 13.8 Å². The molecule has 0 aliphatic carbocycles. The van der Waals surface area contributed by atoms with Gasteiger partial charge in [0.25, 0.3) is 0 Å². The number of benzene rings is 1. The maximum absolute atomic E-state index is 5.97. The van der Waals surface area contributed by atoms with E-state index in [0.29, 0.717) is 4.99 Å². The zero-order valence-corrected chi connectivity index (χ0v) is 11.9. The number of aryl methyl sites for hydroxylation is 2. The third-order valence-corrected chi connectivity index (χ3v) is 2.99. The molecule has 0 bridgehead atoms. The first-order valence-electron chi connectivity index (χ1n) is 6.03. The van der Waals surface area contributed by atoms with Gasteiger partial charge in [-0.3, -0.25) is 0 Å². The van der Waals surface area contributed by atoms with Crippen LogP contribution < -0.4 is 10.5 Å². The number of hydrogen-bond acceptors (Lipinski definition) is 2. The summed E-state index contributed by atoms with van der Waals surface area (Å²) >= 11 is 4.99. The molecule has 1 unspecified atom stereocenters. The van der Waals surface area contributed by atoms with Gasteiger partial charge >= 0.3 is 0 Å². The highest BCUT2D eigenvalue weighted by molar-refractivity contribution is 7.80. The Morgan fingerprint density at radius 1 is 1.35 bits per heavy atom. The van der Waals surface area contributed by atoms with Gasteiger partial charge in [-0.05, 0) is 50.5 Å². The van der Waals surface area contributed by atoms with Gasteiger partial charge in [-0.15, -0.1) is 0 Å². The number of nitrogens with two attached hydrogens (primary N) is 1. The molecule has 0 aromatic heterocycles. The fourth-order valence-corrected chi connectivity index (χ4v) is 2.06. The summed E-state index contributed by atoms with van der Waals surface area (Å²) in [7, 11) is 0. The highest BCUT2D eigenvalue weighted by Gasteiger charge is 2.10. The van der Waals surface area contributed by atoms with Crippen molar-refractivity contribution in [2.24, 2.45) is 5.73 Å². The molecule has 0 spiro atoms. The molecule has 0 amide bonds. The number of ether oxygens (including phenoxy) is 1. The second kappa shape index (κ2) is 6.01. The van der Waals surface area contributed by atoms with Gasteiger partial charge in [0.05, 0.1) is 6.10 Å². The molecule has 0 heterocycles. The molecule has 1 aromatic rings. The van der Waals surface area contributed by atoms with Gasteiger partial charge in [0.1, 0.15) is 10.7 Å². The minimum atomic E-state index is 0.244. The molecule has 0 radical (unpaired) electrons. The fraction of sp³-hybridized carbons (Fsp3) is 0.500. The van der Waals surface area contributed by atoms with Crippen LogP contribution in [0.5, 0.6) is 5.75 Å². The highest BCUT2D eigenvalue weighted by Crippen LogP contribution is 2.26. The first-order valence-corrected chi connectivity index (χ1v) is 6.44. The monoisotopic (exact) mass is 251 g/mol. The van der Waals surface area contributed by atoms with Crippen LogP contribution in [0.25, 0.3) is 0 Å². The van der Waals surface area contributed by atoms with Crippen molar-refractivity contribution >= 4 is 17.2 Å². The average Bonchev–Trinajstić information content (AvgIpc) is 2.23. The molecular formula is C14H21NOS. The second-order valence-electron chi connectivity index (χ2n) is 4.52. The van der Waals surface area contributed by atoms with Gasteiger partial charge in [-0.25, -0.2) is 0 Å². The molecule has 1 aromatic carbocycles. The highest BCUT2D eigenvalue weighted by atomic mass is 32.1. The molecular weight excluding hydrogens is 230 g/mol. The normalized spacial score (nSPS) is 12.2. The van der Waals surface area contributed by atoms with Gasteiger partial charge in [0.15, 0.2) is 0 Å². The Bertz CT molecular complexity index is 392. The van der Waals surface area contributed by atoms with Gasteiger partial charge < -0.3 is 10.5 Å². The summed E-state index contributed by atoms with van der Waals surface area (Å²) in [6, 6.07) is 3.98. The van der Waals surface area contributed by atoms with Crippen LogP contribution in [0.1, 0.15) is 43.4 Å². The molecule has 1 rings (SSSR count). The van der Waals surface area contributed by atoms with Gasteiger partial charge in [0, 0.05) is 5.56 Å². The zero-order valence-electron chi connectivity index (χ0n) is 11.0. The van der Waals surface area contributed by atoms with Crippen molar-refractivity contribution in [3.05, 3.63) is 28.8 Å². The lowest BCUT2D eigenvalue weighted by Crippen LogP contribution is -2.14. The lowest BCUT2D eigenvalue weighted by atomic mass is 10.1. The van der Waals surface area contributed by atoms with Gasteiger partial charge in [-0.1, -0.05) is 25.6 Å². The molecule has 94 valence electrons. The molecule has 0 saturated heterocycles. The van der Waals surface area contributed by atoms with E-state index in [-0.39, 0.29) is 6.10 Å². The van der Waals surface area contributed by atoms with Crippen LogP contribution in [0.2, 0.25) is 0 Å². The smallest absolute Gasteiger partial charge is 0.125 e. The Labute approximate surface area is 109 Å². The number of thiocarbonyl (C=S) groups is 1. The maximum Gasteiger partial charge on any atom is 0.125 e. The van der Waals surface area contributed by atoms with Crippen LogP contribution >= 0.6 is 12.2 Å². The Hall–Kier alpha value is -1.09. The SMILES string of the molecule is CCCC(C)Oc1c(C)cc(C(N)=S)cc1C. The van der Waals surface area contributed by atoms with Crippen LogP contribution in [0.15, 0.2) is 12.1 Å². The van der Waals surface area contributed by atoms with Crippen molar-refractivity contribution < 1.29 is 4.74 Å². The van der Waals surface area contributed by atoms with Crippen molar-refractivity contribution in [3.63, 3.8) is 0 Å². The van der Waals surface area contributed by atoms with Crippen molar-refractivity contribution in [1.82, 2.24) is 0 Å². The Morgan fingerprint density at radius 2 is 1.88 bits per heavy atom. The molecule has 2 nitrogen and oxygen atoms in total. The Kier molecular flexibility index (Phi) is 4.94. The van der Waals surface area contributed by atoms with Crippen LogP contribution in [-0.2, 0) is 0 Å². The quantitative estimate of drug-likeness (QED) is 0.813. The van der Waals surface area contributed by atoms with Crippen LogP contribution in [0.4, 0.5) is 0 Å². The van der Waals surface area contributed by atoms with E-state index in [1.807, 2.05) is 26.0 Å². The fourth-order valence-electron chi connectivity index (χ4n) is 1.95. The van der Waals surface area contributed by atoms with E-state index in [4.69, 9.17) is 22.7 Å². The molecule has 1 atom stereocenters. The van der Waals surface area contributed by atoms with Crippen molar-refractivity contribution in [1.29, 1.82) is 0 Å². The third kappa shape index (κ3) is 3.70. The van der Waals surface area contributed by atoms with Crippen molar-refractivity contribution in [2.75, 3.05) is 0 Å². The number of hydrogen-bond donors (Lipinski definition) is 1. The van der Waals surface area contributed by atoms with Crippen LogP contribution in [0.3, 0.4) is 0 Å². The van der Waals surface area contributed by atoms with Crippen molar-refractivity contribution in [2.45, 2.75) is 46.6 Å². The molecule has 17 heavy (non-hydrogen) atoms. The first-order chi connectivity index (χ1) is 7.95. The Balaban J connectivity index is 2.97. The predicted octanol–water partition coefficient (Wildman–Crippen LogP) is 3.51. The zero-order chi connectivity index (χ0) is 13.0. The molecule has 0 aliphatic rings. The largest absolute Gasteiger partial charge is 0.490 e. The van der Waals surface area contributed by atoms with Crippen molar-refractivity contribution in [3.8, 4) is 5.75 Å². The standard InChI is InChI=1S/C14H21NOS/c1-5-6-11(4)16-13-9(2)7-12(14(15)17)8-10(13)3/h7-8,11H,5-6H2,1-4H3,(H2,15,17). The van der Waals surface area contributed by atoms with Gasteiger partial charge in [0.2, 0.25) is 0 Å². The van der Waals surface area contributed by atoms with E-state index in [1.165, 1.54) is 0 Å². The predicted molar refractivity (Wildman–Crippen MR) is 76.8 cm³/mol. The lowest BCUT2D eigenvalue weighted by molar-refractivity contribution is 0.207. The van der Waals surface area contributed by atoms with Crippen LogP contribution in [-0.4, -0.2) is 11.1 Å². The summed E-state index contributed by atoms with van der Waals surface area (Å²) < 4.78 is 5.97. The minimum Gasteiger partial charge on any atom is -0.490 e. The third-order valence-electron chi connectivity index (χ3n) is 2.76.